The summed E-state index contributed by atoms with van der Waals surface area (Å²) in [5.41, 5.74) is 1.28. The fourth-order valence-electron chi connectivity index (χ4n) is 2.67. The van der Waals surface area contributed by atoms with Crippen LogP contribution in [0.2, 0.25) is 0 Å². The van der Waals surface area contributed by atoms with Crippen molar-refractivity contribution in [3.63, 3.8) is 0 Å². The van der Waals surface area contributed by atoms with E-state index in [9.17, 15) is 14.7 Å². The average Bonchev–Trinajstić information content (AvgIpc) is 2.46. The van der Waals surface area contributed by atoms with Gasteiger partial charge in [0.15, 0.2) is 0 Å². The highest BCUT2D eigenvalue weighted by atomic mass is 16.3. The topological polar surface area (TPSA) is 81.7 Å². The Morgan fingerprint density at radius 1 is 1.43 bits per heavy atom. The minimum Gasteiger partial charge on any atom is -0.373 e. The predicted octanol–water partition coefficient (Wildman–Crippen LogP) is 1.51. The zero-order chi connectivity index (χ0) is 15.8. The van der Waals surface area contributed by atoms with Gasteiger partial charge in [0.25, 0.3) is 5.91 Å². The van der Waals surface area contributed by atoms with Crippen LogP contribution in [0.3, 0.4) is 0 Å². The lowest BCUT2D eigenvalue weighted by Gasteiger charge is -2.44. The van der Waals surface area contributed by atoms with Crippen molar-refractivity contribution in [3.05, 3.63) is 29.3 Å². The second-order valence-electron chi connectivity index (χ2n) is 5.65. The fraction of sp³-hybridized carbons (Fsp3) is 0.467. The van der Waals surface area contributed by atoms with E-state index in [0.717, 1.165) is 5.56 Å². The Labute approximate surface area is 124 Å². The van der Waals surface area contributed by atoms with Crippen LogP contribution >= 0.6 is 0 Å². The molecule has 3 N–H and O–H groups in total. The van der Waals surface area contributed by atoms with E-state index < -0.39 is 11.6 Å². The molecular weight excluding hydrogens is 270 g/mol. The van der Waals surface area contributed by atoms with Crippen LogP contribution in [-0.2, 0) is 5.41 Å². The molecule has 1 unspecified atom stereocenters. The molecule has 1 aromatic carbocycles. The van der Waals surface area contributed by atoms with Crippen molar-refractivity contribution in [3.8, 4) is 0 Å². The van der Waals surface area contributed by atoms with Gasteiger partial charge in [0.1, 0.15) is 6.23 Å². The third kappa shape index (κ3) is 2.47. The van der Waals surface area contributed by atoms with Gasteiger partial charge < -0.3 is 20.6 Å². The highest BCUT2D eigenvalue weighted by molar-refractivity contribution is 5.99. The van der Waals surface area contributed by atoms with Crippen LogP contribution in [0.25, 0.3) is 0 Å². The van der Waals surface area contributed by atoms with Gasteiger partial charge in [-0.05, 0) is 24.6 Å². The molecule has 6 heteroatoms. The molecule has 0 bridgehead atoms. The van der Waals surface area contributed by atoms with E-state index in [1.807, 2.05) is 20.8 Å². The van der Waals surface area contributed by atoms with Crippen LogP contribution in [0.15, 0.2) is 18.2 Å². The van der Waals surface area contributed by atoms with E-state index in [-0.39, 0.29) is 11.9 Å². The molecule has 0 aromatic heterocycles. The zero-order valence-corrected chi connectivity index (χ0v) is 12.7. The van der Waals surface area contributed by atoms with Crippen LogP contribution in [-0.4, -0.2) is 41.8 Å². The Kier molecular flexibility index (Phi) is 3.91. The highest BCUT2D eigenvalue weighted by Crippen LogP contribution is 2.38. The molecule has 0 fully saturated rings. The number of nitrogens with one attached hydrogen (secondary N) is 2. The molecule has 114 valence electrons. The molecule has 0 spiro atoms. The Morgan fingerprint density at radius 2 is 2.10 bits per heavy atom. The number of carbonyl (C=O) groups is 2. The van der Waals surface area contributed by atoms with Crippen molar-refractivity contribution in [2.45, 2.75) is 32.4 Å². The predicted molar refractivity (Wildman–Crippen MR) is 80.3 cm³/mol. The molecular formula is C15H21N3O3. The van der Waals surface area contributed by atoms with Gasteiger partial charge in [-0.25, -0.2) is 4.79 Å². The lowest BCUT2D eigenvalue weighted by Crippen LogP contribution is -2.54. The molecule has 1 aromatic rings. The van der Waals surface area contributed by atoms with E-state index in [4.69, 9.17) is 0 Å². The number of hydrogen-bond donors (Lipinski definition) is 3. The van der Waals surface area contributed by atoms with E-state index in [1.165, 1.54) is 11.9 Å². The van der Waals surface area contributed by atoms with Gasteiger partial charge >= 0.3 is 6.03 Å². The molecule has 1 atom stereocenters. The van der Waals surface area contributed by atoms with Crippen LogP contribution in [0.4, 0.5) is 10.5 Å². The van der Waals surface area contributed by atoms with Gasteiger partial charge in [-0.2, -0.15) is 0 Å². The van der Waals surface area contributed by atoms with Gasteiger partial charge in [-0.1, -0.05) is 19.9 Å². The first kappa shape index (κ1) is 15.3. The molecule has 1 aliphatic heterocycles. The van der Waals surface area contributed by atoms with E-state index in [0.29, 0.717) is 17.8 Å². The normalized spacial score (nSPS) is 20.0. The summed E-state index contributed by atoms with van der Waals surface area (Å²) in [6.45, 7) is 6.06. The first-order valence-corrected chi connectivity index (χ1v) is 6.95. The number of amides is 3. The van der Waals surface area contributed by atoms with Gasteiger partial charge in [0.05, 0.1) is 0 Å². The Bertz CT molecular complexity index is 584. The Morgan fingerprint density at radius 3 is 2.67 bits per heavy atom. The third-order valence-electron chi connectivity index (χ3n) is 3.97. The third-order valence-corrected chi connectivity index (χ3v) is 3.97. The number of urea groups is 1. The SMILES string of the molecule is CCN1C(=O)c2cc(NC(=O)NC)ccc2C(C)(C)C1O. The summed E-state index contributed by atoms with van der Waals surface area (Å²) in [5.74, 6) is -0.222. The number of likely N-dealkylation sites (N-methyl/N-ethyl adjacent to an activating group) is 1. The van der Waals surface area contributed by atoms with Gasteiger partial charge in [0.2, 0.25) is 0 Å². The number of anilines is 1. The first-order valence-electron chi connectivity index (χ1n) is 6.95. The lowest BCUT2D eigenvalue weighted by molar-refractivity contribution is -0.0361. The molecule has 0 saturated heterocycles. The molecule has 6 nitrogen and oxygen atoms in total. The summed E-state index contributed by atoms with van der Waals surface area (Å²) in [5, 5.41) is 15.5. The molecule has 0 aliphatic carbocycles. The Balaban J connectivity index is 2.49. The van der Waals surface area contributed by atoms with Gasteiger partial charge in [-0.3, -0.25) is 4.79 Å². The molecule has 0 saturated carbocycles. The molecule has 21 heavy (non-hydrogen) atoms. The number of aliphatic hydroxyl groups excluding tert-OH is 1. The van der Waals surface area contributed by atoms with Crippen molar-refractivity contribution in [2.75, 3.05) is 18.9 Å². The average molecular weight is 291 g/mol. The van der Waals surface area contributed by atoms with Crippen LogP contribution in [0.5, 0.6) is 0 Å². The highest BCUT2D eigenvalue weighted by Gasteiger charge is 2.43. The number of benzene rings is 1. The smallest absolute Gasteiger partial charge is 0.318 e. The molecule has 0 radical (unpaired) electrons. The standard InChI is InChI=1S/C15H21N3O3/c1-5-18-12(19)10-8-9(17-14(21)16-4)6-7-11(10)15(2,3)13(18)20/h6-8,13,20H,5H2,1-4H3,(H2,16,17,21). The summed E-state index contributed by atoms with van der Waals surface area (Å²) in [4.78, 5) is 25.3. The number of fused-ring (bicyclic) bond motifs is 1. The number of hydrogen-bond acceptors (Lipinski definition) is 3. The second kappa shape index (κ2) is 5.37. The number of aliphatic hydroxyl groups is 1. The van der Waals surface area contributed by atoms with E-state index in [2.05, 4.69) is 10.6 Å². The monoisotopic (exact) mass is 291 g/mol. The first-order chi connectivity index (χ1) is 9.82. The molecule has 3 amide bonds. The summed E-state index contributed by atoms with van der Waals surface area (Å²) >= 11 is 0. The van der Waals surface area contributed by atoms with Crippen molar-refractivity contribution in [2.24, 2.45) is 0 Å². The van der Waals surface area contributed by atoms with E-state index >= 15 is 0 Å². The number of carbonyl (C=O) groups excluding carboxylic acids is 2. The van der Waals surface area contributed by atoms with Crippen molar-refractivity contribution < 1.29 is 14.7 Å². The summed E-state index contributed by atoms with van der Waals surface area (Å²) in [7, 11) is 1.52. The van der Waals surface area contributed by atoms with Gasteiger partial charge in [0, 0.05) is 30.3 Å². The number of rotatable bonds is 2. The van der Waals surface area contributed by atoms with Crippen molar-refractivity contribution in [1.82, 2.24) is 10.2 Å². The van der Waals surface area contributed by atoms with Crippen molar-refractivity contribution >= 4 is 17.6 Å². The molecule has 1 heterocycles. The maximum absolute atomic E-state index is 12.5. The quantitative estimate of drug-likeness (QED) is 0.772. The number of nitrogens with zero attached hydrogens (tertiary/aromatic N) is 1. The second-order valence-corrected chi connectivity index (χ2v) is 5.65. The van der Waals surface area contributed by atoms with Crippen molar-refractivity contribution in [1.29, 1.82) is 0 Å². The van der Waals surface area contributed by atoms with Gasteiger partial charge in [-0.15, -0.1) is 0 Å². The molecule has 1 aliphatic rings. The molecule has 2 rings (SSSR count). The minimum absolute atomic E-state index is 0.222. The zero-order valence-electron chi connectivity index (χ0n) is 12.7. The van der Waals surface area contributed by atoms with Crippen LogP contribution < -0.4 is 10.6 Å². The van der Waals surface area contributed by atoms with E-state index in [1.54, 1.807) is 18.2 Å². The minimum atomic E-state index is -0.861. The maximum atomic E-state index is 12.5. The summed E-state index contributed by atoms with van der Waals surface area (Å²) in [6, 6.07) is 4.83. The summed E-state index contributed by atoms with van der Waals surface area (Å²) < 4.78 is 0. The van der Waals surface area contributed by atoms with Crippen LogP contribution in [0, 0.1) is 0 Å². The lowest BCUT2D eigenvalue weighted by atomic mass is 9.76. The fourth-order valence-corrected chi connectivity index (χ4v) is 2.67. The Hall–Kier alpha value is -2.08. The maximum Gasteiger partial charge on any atom is 0.318 e. The summed E-state index contributed by atoms with van der Waals surface area (Å²) in [6.07, 6.45) is -0.861. The largest absolute Gasteiger partial charge is 0.373 e. The van der Waals surface area contributed by atoms with Crippen LogP contribution in [0.1, 0.15) is 36.7 Å².